The van der Waals surface area contributed by atoms with Crippen molar-refractivity contribution in [2.24, 2.45) is 5.10 Å². The number of ether oxygens (including phenoxy) is 1. The molecule has 0 spiro atoms. The predicted molar refractivity (Wildman–Crippen MR) is 113 cm³/mol. The van der Waals surface area contributed by atoms with Gasteiger partial charge in [0, 0.05) is 15.4 Å². The molecule has 1 aromatic heterocycles. The maximum Gasteiger partial charge on any atom is 0.275 e. The first-order chi connectivity index (χ1) is 13.5. The molecule has 144 valence electrons. The largest absolute Gasteiger partial charge is 0.507 e. The van der Waals surface area contributed by atoms with Gasteiger partial charge in [0.1, 0.15) is 16.7 Å². The number of benzene rings is 2. The SMILES string of the molecule is CCCOc1ccc2nc(Cl)c(/C=N/NC(=O)c3cc(Br)ccc3O)cc2c1. The van der Waals surface area contributed by atoms with Gasteiger partial charge in [0.25, 0.3) is 5.91 Å². The van der Waals surface area contributed by atoms with Crippen LogP contribution in [0.2, 0.25) is 5.15 Å². The molecule has 2 N–H and O–H groups in total. The van der Waals surface area contributed by atoms with E-state index in [4.69, 9.17) is 16.3 Å². The van der Waals surface area contributed by atoms with Crippen molar-refractivity contribution in [1.82, 2.24) is 10.4 Å². The second kappa shape index (κ2) is 9.03. The number of nitrogens with zero attached hydrogens (tertiary/aromatic N) is 2. The van der Waals surface area contributed by atoms with E-state index in [0.717, 1.165) is 23.1 Å². The lowest BCUT2D eigenvalue weighted by Gasteiger charge is -2.07. The van der Waals surface area contributed by atoms with Crippen LogP contribution < -0.4 is 10.2 Å². The fraction of sp³-hybridized carbons (Fsp3) is 0.150. The molecule has 1 heterocycles. The third-order valence-electron chi connectivity index (χ3n) is 3.81. The zero-order chi connectivity index (χ0) is 20.1. The first-order valence-corrected chi connectivity index (χ1v) is 9.70. The molecule has 0 radical (unpaired) electrons. The summed E-state index contributed by atoms with van der Waals surface area (Å²) in [6.45, 7) is 2.68. The summed E-state index contributed by atoms with van der Waals surface area (Å²) < 4.78 is 6.31. The van der Waals surface area contributed by atoms with E-state index in [0.29, 0.717) is 16.6 Å². The molecule has 0 aliphatic carbocycles. The number of nitrogens with one attached hydrogen (secondary N) is 1. The lowest BCUT2D eigenvalue weighted by atomic mass is 10.1. The molecule has 0 unspecified atom stereocenters. The summed E-state index contributed by atoms with van der Waals surface area (Å²) in [7, 11) is 0. The number of carbonyl (C=O) groups excluding carboxylic acids is 1. The molecule has 0 aliphatic heterocycles. The summed E-state index contributed by atoms with van der Waals surface area (Å²) in [5, 5.41) is 14.8. The van der Waals surface area contributed by atoms with Crippen LogP contribution in [0.4, 0.5) is 0 Å². The average molecular weight is 463 g/mol. The van der Waals surface area contributed by atoms with E-state index in [9.17, 15) is 9.90 Å². The summed E-state index contributed by atoms with van der Waals surface area (Å²) in [4.78, 5) is 16.5. The number of rotatable bonds is 6. The smallest absolute Gasteiger partial charge is 0.275 e. The first kappa shape index (κ1) is 20.1. The van der Waals surface area contributed by atoms with E-state index in [1.807, 2.05) is 31.2 Å². The van der Waals surface area contributed by atoms with Crippen molar-refractivity contribution < 1.29 is 14.6 Å². The lowest BCUT2D eigenvalue weighted by molar-refractivity contribution is 0.0952. The van der Waals surface area contributed by atoms with Crippen LogP contribution in [0.5, 0.6) is 11.5 Å². The average Bonchev–Trinajstić information content (AvgIpc) is 2.68. The van der Waals surface area contributed by atoms with Crippen molar-refractivity contribution in [2.45, 2.75) is 13.3 Å². The van der Waals surface area contributed by atoms with E-state index < -0.39 is 5.91 Å². The predicted octanol–water partition coefficient (Wildman–Crippen LogP) is 4.91. The molecule has 28 heavy (non-hydrogen) atoms. The van der Waals surface area contributed by atoms with E-state index in [-0.39, 0.29) is 16.5 Å². The van der Waals surface area contributed by atoms with E-state index >= 15 is 0 Å². The fourth-order valence-corrected chi connectivity index (χ4v) is 3.01. The van der Waals surface area contributed by atoms with Crippen LogP contribution >= 0.6 is 27.5 Å². The number of halogens is 2. The molecule has 0 saturated heterocycles. The molecule has 0 atom stereocenters. The van der Waals surface area contributed by atoms with Crippen LogP contribution in [-0.2, 0) is 0 Å². The van der Waals surface area contributed by atoms with E-state index in [2.05, 4.69) is 31.4 Å². The van der Waals surface area contributed by atoms with Gasteiger partial charge in [-0.15, -0.1) is 0 Å². The van der Waals surface area contributed by atoms with E-state index in [1.165, 1.54) is 18.3 Å². The number of aromatic nitrogens is 1. The first-order valence-electron chi connectivity index (χ1n) is 8.53. The summed E-state index contributed by atoms with van der Waals surface area (Å²) in [6.07, 6.45) is 2.32. The molecular formula is C20H17BrClN3O3. The normalized spacial score (nSPS) is 11.1. The maximum atomic E-state index is 12.2. The number of carbonyl (C=O) groups is 1. The standard InChI is InChI=1S/C20H17BrClN3O3/c1-2-7-28-15-4-5-17-12(9-15)8-13(19(22)24-17)11-23-25-20(27)16-10-14(21)3-6-18(16)26/h3-6,8-11,26H,2,7H2,1H3,(H,25,27)/b23-11+. The number of pyridine rings is 1. The summed E-state index contributed by atoms with van der Waals surface area (Å²) in [6, 6.07) is 11.9. The molecule has 1 amide bonds. The van der Waals surface area contributed by atoms with Crippen LogP contribution in [0.15, 0.2) is 52.0 Å². The number of phenols is 1. The highest BCUT2D eigenvalue weighted by Gasteiger charge is 2.11. The van der Waals surface area contributed by atoms with Crippen LogP contribution in [0.1, 0.15) is 29.3 Å². The number of fused-ring (bicyclic) bond motifs is 1. The van der Waals surface area contributed by atoms with Gasteiger partial charge in [-0.3, -0.25) is 4.79 Å². The van der Waals surface area contributed by atoms with Crippen molar-refractivity contribution in [1.29, 1.82) is 0 Å². The van der Waals surface area contributed by atoms with Crippen LogP contribution in [0, 0.1) is 0 Å². The van der Waals surface area contributed by atoms with Gasteiger partial charge in [0.05, 0.1) is 23.9 Å². The lowest BCUT2D eigenvalue weighted by Crippen LogP contribution is -2.17. The Bertz CT molecular complexity index is 1060. The number of hydrogen-bond acceptors (Lipinski definition) is 5. The number of aromatic hydroxyl groups is 1. The Morgan fingerprint density at radius 1 is 1.32 bits per heavy atom. The highest BCUT2D eigenvalue weighted by atomic mass is 79.9. The minimum atomic E-state index is -0.546. The monoisotopic (exact) mass is 461 g/mol. The third kappa shape index (κ3) is 4.79. The van der Waals surface area contributed by atoms with Gasteiger partial charge < -0.3 is 9.84 Å². The molecule has 0 fully saturated rings. The summed E-state index contributed by atoms with van der Waals surface area (Å²) in [5.74, 6) is 0.0656. The zero-order valence-electron chi connectivity index (χ0n) is 14.9. The molecule has 0 aliphatic rings. The van der Waals surface area contributed by atoms with Gasteiger partial charge in [-0.1, -0.05) is 34.5 Å². The molecule has 0 saturated carbocycles. The van der Waals surface area contributed by atoms with Gasteiger partial charge in [0.15, 0.2) is 0 Å². The Kier molecular flexibility index (Phi) is 6.49. The van der Waals surface area contributed by atoms with Gasteiger partial charge >= 0.3 is 0 Å². The van der Waals surface area contributed by atoms with Crippen molar-refractivity contribution >= 4 is 50.6 Å². The summed E-state index contributed by atoms with van der Waals surface area (Å²) in [5.41, 5.74) is 3.75. The molecule has 3 rings (SSSR count). The topological polar surface area (TPSA) is 83.8 Å². The Hall–Kier alpha value is -2.64. The highest BCUT2D eigenvalue weighted by molar-refractivity contribution is 9.10. The van der Waals surface area contributed by atoms with Crippen LogP contribution in [0.25, 0.3) is 10.9 Å². The van der Waals surface area contributed by atoms with Crippen molar-refractivity contribution in [2.75, 3.05) is 6.61 Å². The number of hydrogen-bond donors (Lipinski definition) is 2. The Morgan fingerprint density at radius 2 is 2.14 bits per heavy atom. The highest BCUT2D eigenvalue weighted by Crippen LogP contribution is 2.24. The third-order valence-corrected chi connectivity index (χ3v) is 4.61. The minimum Gasteiger partial charge on any atom is -0.507 e. The molecular weight excluding hydrogens is 446 g/mol. The Balaban J connectivity index is 1.79. The van der Waals surface area contributed by atoms with Crippen molar-refractivity contribution in [3.63, 3.8) is 0 Å². The van der Waals surface area contributed by atoms with Gasteiger partial charge in [0.2, 0.25) is 0 Å². The molecule has 8 heteroatoms. The Morgan fingerprint density at radius 3 is 2.93 bits per heavy atom. The fourth-order valence-electron chi connectivity index (χ4n) is 2.46. The van der Waals surface area contributed by atoms with Crippen LogP contribution in [0.3, 0.4) is 0 Å². The molecule has 2 aromatic carbocycles. The molecule has 6 nitrogen and oxygen atoms in total. The van der Waals surface area contributed by atoms with Gasteiger partial charge in [-0.25, -0.2) is 10.4 Å². The van der Waals surface area contributed by atoms with Crippen molar-refractivity contribution in [3.05, 3.63) is 63.2 Å². The number of phenolic OH excluding ortho intramolecular Hbond substituents is 1. The second-order valence-electron chi connectivity index (χ2n) is 5.93. The second-order valence-corrected chi connectivity index (χ2v) is 7.21. The van der Waals surface area contributed by atoms with Gasteiger partial charge in [-0.05, 0) is 48.9 Å². The maximum absolute atomic E-state index is 12.2. The number of hydrazone groups is 1. The quantitative estimate of drug-likeness (QED) is 0.310. The Labute approximate surface area is 175 Å². The summed E-state index contributed by atoms with van der Waals surface area (Å²) >= 11 is 9.47. The number of amides is 1. The van der Waals surface area contributed by atoms with Gasteiger partial charge in [-0.2, -0.15) is 5.10 Å². The molecule has 0 bridgehead atoms. The van der Waals surface area contributed by atoms with E-state index in [1.54, 1.807) is 6.07 Å². The zero-order valence-corrected chi connectivity index (χ0v) is 17.3. The van der Waals surface area contributed by atoms with Crippen molar-refractivity contribution in [3.8, 4) is 11.5 Å². The van der Waals surface area contributed by atoms with Crippen LogP contribution in [-0.4, -0.2) is 28.8 Å². The minimum absolute atomic E-state index is 0.104. The molecule has 3 aromatic rings.